The van der Waals surface area contributed by atoms with Crippen LogP contribution < -0.4 is 10.6 Å². The predicted octanol–water partition coefficient (Wildman–Crippen LogP) is 2.19. The number of nitrogens with one attached hydrogen (secondary N) is 2. The van der Waals surface area contributed by atoms with E-state index in [-0.39, 0.29) is 24.0 Å². The van der Waals surface area contributed by atoms with Gasteiger partial charge in [-0.05, 0) is 32.9 Å². The number of amides is 5. The van der Waals surface area contributed by atoms with Crippen molar-refractivity contribution in [2.24, 2.45) is 5.41 Å². The molecule has 1 aromatic rings. The van der Waals surface area contributed by atoms with Gasteiger partial charge in [-0.3, -0.25) is 4.79 Å². The summed E-state index contributed by atoms with van der Waals surface area (Å²) >= 11 is 0. The maximum Gasteiger partial charge on any atom is 0.321 e. The van der Waals surface area contributed by atoms with Crippen LogP contribution in [0.2, 0.25) is 0 Å². The standard InChI is InChI=1S/C21H31N5O3/c1-4-24-13-21(12-18(24)27)14-25(19(28)22-16(2)3)10-11-26(15-21)20(29)23-17-8-6-5-7-9-17/h5-9,16H,4,10-15H2,1-3H3,(H,22,28)(H,23,29). The van der Waals surface area contributed by atoms with Crippen LogP contribution in [-0.2, 0) is 4.79 Å². The molecule has 0 radical (unpaired) electrons. The zero-order valence-electron chi connectivity index (χ0n) is 17.5. The van der Waals surface area contributed by atoms with E-state index in [2.05, 4.69) is 10.6 Å². The fourth-order valence-electron chi connectivity index (χ4n) is 4.15. The Balaban J connectivity index is 1.80. The fourth-order valence-corrected chi connectivity index (χ4v) is 4.15. The van der Waals surface area contributed by atoms with Crippen molar-refractivity contribution in [3.63, 3.8) is 0 Å². The molecule has 158 valence electrons. The molecule has 2 saturated heterocycles. The largest absolute Gasteiger partial charge is 0.342 e. The van der Waals surface area contributed by atoms with Gasteiger partial charge in [0.05, 0.1) is 0 Å². The molecule has 1 atom stereocenters. The number of anilines is 1. The van der Waals surface area contributed by atoms with Gasteiger partial charge in [0.1, 0.15) is 0 Å². The first-order valence-electron chi connectivity index (χ1n) is 10.3. The van der Waals surface area contributed by atoms with Crippen molar-refractivity contribution >= 4 is 23.7 Å². The summed E-state index contributed by atoms with van der Waals surface area (Å²) in [5.41, 5.74) is 0.272. The van der Waals surface area contributed by atoms with Gasteiger partial charge in [0.25, 0.3) is 0 Å². The van der Waals surface area contributed by atoms with Crippen molar-refractivity contribution in [3.05, 3.63) is 30.3 Å². The lowest BCUT2D eigenvalue weighted by atomic mass is 9.86. The van der Waals surface area contributed by atoms with E-state index in [1.807, 2.05) is 56.0 Å². The summed E-state index contributed by atoms with van der Waals surface area (Å²) in [4.78, 5) is 43.5. The maximum atomic E-state index is 12.9. The maximum absolute atomic E-state index is 12.9. The zero-order chi connectivity index (χ0) is 21.0. The Kier molecular flexibility index (Phi) is 6.30. The Labute approximate surface area is 172 Å². The quantitative estimate of drug-likeness (QED) is 0.814. The molecule has 1 spiro atoms. The molecule has 0 saturated carbocycles. The first-order chi connectivity index (χ1) is 13.8. The van der Waals surface area contributed by atoms with Crippen molar-refractivity contribution in [2.75, 3.05) is 44.6 Å². The summed E-state index contributed by atoms with van der Waals surface area (Å²) in [7, 11) is 0. The molecule has 2 N–H and O–H groups in total. The van der Waals surface area contributed by atoms with Crippen molar-refractivity contribution in [1.82, 2.24) is 20.0 Å². The van der Waals surface area contributed by atoms with E-state index in [1.165, 1.54) is 0 Å². The number of benzene rings is 1. The van der Waals surface area contributed by atoms with Crippen LogP contribution in [0.4, 0.5) is 15.3 Å². The number of urea groups is 2. The fraction of sp³-hybridized carbons (Fsp3) is 0.571. The molecule has 1 aromatic carbocycles. The van der Waals surface area contributed by atoms with Crippen LogP contribution in [0.5, 0.6) is 0 Å². The van der Waals surface area contributed by atoms with E-state index >= 15 is 0 Å². The number of hydrogen-bond donors (Lipinski definition) is 2. The lowest BCUT2D eigenvalue weighted by molar-refractivity contribution is -0.127. The topological polar surface area (TPSA) is 85.0 Å². The minimum Gasteiger partial charge on any atom is -0.342 e. The number of carbonyl (C=O) groups excluding carboxylic acids is 3. The Morgan fingerprint density at radius 2 is 1.66 bits per heavy atom. The molecule has 1 unspecified atom stereocenters. The second-order valence-electron chi connectivity index (χ2n) is 8.33. The summed E-state index contributed by atoms with van der Waals surface area (Å²) in [6, 6.07) is 8.98. The van der Waals surface area contributed by atoms with Gasteiger partial charge in [0.2, 0.25) is 5.91 Å². The predicted molar refractivity (Wildman–Crippen MR) is 112 cm³/mol. The molecule has 2 aliphatic rings. The molecule has 5 amide bonds. The molecule has 2 fully saturated rings. The Bertz CT molecular complexity index is 754. The molecule has 2 heterocycles. The summed E-state index contributed by atoms with van der Waals surface area (Å²) < 4.78 is 0. The highest BCUT2D eigenvalue weighted by atomic mass is 16.2. The van der Waals surface area contributed by atoms with Crippen LogP contribution in [0, 0.1) is 5.41 Å². The molecular formula is C21H31N5O3. The Morgan fingerprint density at radius 3 is 2.21 bits per heavy atom. The number of carbonyl (C=O) groups is 3. The van der Waals surface area contributed by atoms with E-state index in [0.717, 1.165) is 5.69 Å². The van der Waals surface area contributed by atoms with Gasteiger partial charge in [-0.15, -0.1) is 0 Å². The third-order valence-corrected chi connectivity index (χ3v) is 5.49. The number of rotatable bonds is 3. The highest BCUT2D eigenvalue weighted by Crippen LogP contribution is 2.35. The van der Waals surface area contributed by atoms with Crippen molar-refractivity contribution < 1.29 is 14.4 Å². The van der Waals surface area contributed by atoms with Gasteiger partial charge in [-0.25, -0.2) is 9.59 Å². The summed E-state index contributed by atoms with van der Waals surface area (Å²) in [5, 5.41) is 5.86. The first kappa shape index (κ1) is 21.0. The minimum atomic E-state index is -0.452. The third kappa shape index (κ3) is 4.99. The summed E-state index contributed by atoms with van der Waals surface area (Å²) in [6.07, 6.45) is 0.349. The summed E-state index contributed by atoms with van der Waals surface area (Å²) in [6.45, 7) is 8.75. The summed E-state index contributed by atoms with van der Waals surface area (Å²) in [5.74, 6) is 0.0852. The van der Waals surface area contributed by atoms with Crippen molar-refractivity contribution in [1.29, 1.82) is 0 Å². The Morgan fingerprint density at radius 1 is 1.03 bits per heavy atom. The van der Waals surface area contributed by atoms with E-state index in [9.17, 15) is 14.4 Å². The van der Waals surface area contributed by atoms with Crippen LogP contribution in [0.15, 0.2) is 30.3 Å². The van der Waals surface area contributed by atoms with Gasteiger partial charge >= 0.3 is 12.1 Å². The highest BCUT2D eigenvalue weighted by molar-refractivity contribution is 5.89. The van der Waals surface area contributed by atoms with Gasteiger partial charge < -0.3 is 25.3 Å². The van der Waals surface area contributed by atoms with Crippen LogP contribution in [-0.4, -0.2) is 78.0 Å². The lowest BCUT2D eigenvalue weighted by Crippen LogP contribution is -2.49. The van der Waals surface area contributed by atoms with Crippen molar-refractivity contribution in [3.8, 4) is 0 Å². The van der Waals surface area contributed by atoms with Crippen LogP contribution >= 0.6 is 0 Å². The molecule has 0 bridgehead atoms. The number of para-hydroxylation sites is 1. The molecule has 29 heavy (non-hydrogen) atoms. The number of likely N-dealkylation sites (tertiary alicyclic amines) is 1. The molecular weight excluding hydrogens is 370 g/mol. The van der Waals surface area contributed by atoms with E-state index in [1.54, 1.807) is 9.80 Å². The van der Waals surface area contributed by atoms with Crippen molar-refractivity contribution in [2.45, 2.75) is 33.2 Å². The average molecular weight is 402 g/mol. The second kappa shape index (κ2) is 8.71. The molecule has 0 aliphatic carbocycles. The molecule has 8 nitrogen and oxygen atoms in total. The van der Waals surface area contributed by atoms with E-state index < -0.39 is 5.41 Å². The molecule has 2 aliphatic heterocycles. The highest BCUT2D eigenvalue weighted by Gasteiger charge is 2.47. The van der Waals surface area contributed by atoms with Crippen LogP contribution in [0.1, 0.15) is 27.2 Å². The smallest absolute Gasteiger partial charge is 0.321 e. The molecule has 3 rings (SSSR count). The third-order valence-electron chi connectivity index (χ3n) is 5.49. The van der Waals surface area contributed by atoms with E-state index in [0.29, 0.717) is 45.7 Å². The monoisotopic (exact) mass is 401 g/mol. The second-order valence-corrected chi connectivity index (χ2v) is 8.33. The van der Waals surface area contributed by atoms with Gasteiger partial charge in [-0.1, -0.05) is 18.2 Å². The van der Waals surface area contributed by atoms with Crippen LogP contribution in [0.3, 0.4) is 0 Å². The minimum absolute atomic E-state index is 0.0246. The lowest BCUT2D eigenvalue weighted by Gasteiger charge is -2.33. The van der Waals surface area contributed by atoms with Crippen LogP contribution in [0.25, 0.3) is 0 Å². The Hall–Kier alpha value is -2.77. The van der Waals surface area contributed by atoms with Gasteiger partial charge in [-0.2, -0.15) is 0 Å². The average Bonchev–Trinajstić information content (AvgIpc) is 2.86. The number of hydrogen-bond acceptors (Lipinski definition) is 3. The van der Waals surface area contributed by atoms with Gasteiger partial charge in [0, 0.05) is 62.8 Å². The SMILES string of the molecule is CCN1CC2(CC1=O)CN(C(=O)Nc1ccccc1)CCN(C(=O)NC(C)C)C2. The van der Waals surface area contributed by atoms with E-state index in [4.69, 9.17) is 0 Å². The first-order valence-corrected chi connectivity index (χ1v) is 10.3. The van der Waals surface area contributed by atoms with Gasteiger partial charge in [0.15, 0.2) is 0 Å². The molecule has 0 aromatic heterocycles. The normalized spacial score (nSPS) is 22.2. The molecule has 8 heteroatoms. The zero-order valence-corrected chi connectivity index (χ0v) is 17.5. The number of nitrogens with zero attached hydrogens (tertiary/aromatic N) is 3.